The number of rotatable bonds is 7. The minimum atomic E-state index is 0.605. The van der Waals surface area contributed by atoms with Crippen molar-refractivity contribution in [3.05, 3.63) is 11.9 Å². The van der Waals surface area contributed by atoms with Crippen molar-refractivity contribution in [3.8, 4) is 0 Å². The highest BCUT2D eigenvalue weighted by Crippen LogP contribution is 2.29. The Labute approximate surface area is 109 Å². The third kappa shape index (κ3) is 3.84. The fourth-order valence-electron chi connectivity index (χ4n) is 2.13. The number of nitrogens with two attached hydrogens (primary N) is 1. The van der Waals surface area contributed by atoms with Crippen LogP contribution in [0.25, 0.3) is 0 Å². The Morgan fingerprint density at radius 1 is 1.22 bits per heavy atom. The fourth-order valence-corrected chi connectivity index (χ4v) is 2.13. The molecule has 1 heterocycles. The van der Waals surface area contributed by atoms with Crippen molar-refractivity contribution in [2.24, 2.45) is 11.7 Å². The summed E-state index contributed by atoms with van der Waals surface area (Å²) >= 11 is 0. The highest BCUT2D eigenvalue weighted by atomic mass is 15.1. The molecule has 1 fully saturated rings. The fraction of sp³-hybridized carbons (Fsp3) is 0.692. The Morgan fingerprint density at radius 3 is 2.44 bits per heavy atom. The molecule has 0 aliphatic heterocycles. The molecule has 0 atom stereocenters. The second-order valence-corrected chi connectivity index (χ2v) is 4.91. The van der Waals surface area contributed by atoms with Crippen LogP contribution < -0.4 is 16.4 Å². The summed E-state index contributed by atoms with van der Waals surface area (Å²) in [6, 6.07) is 1.95. The van der Waals surface area contributed by atoms with Gasteiger partial charge in [-0.25, -0.2) is 9.97 Å². The minimum absolute atomic E-state index is 0.605. The number of nitrogens with zero attached hydrogens (tertiary/aromatic N) is 2. The molecule has 0 aromatic carbocycles. The summed E-state index contributed by atoms with van der Waals surface area (Å²) in [5.41, 5.74) is 5.47. The molecule has 5 nitrogen and oxygen atoms in total. The van der Waals surface area contributed by atoms with Crippen LogP contribution in [0.15, 0.2) is 6.07 Å². The zero-order chi connectivity index (χ0) is 12.8. The van der Waals surface area contributed by atoms with Crippen LogP contribution in [0, 0.1) is 12.8 Å². The maximum atomic E-state index is 5.47. The summed E-state index contributed by atoms with van der Waals surface area (Å²) in [4.78, 5) is 8.71. The van der Waals surface area contributed by atoms with Crippen molar-refractivity contribution in [1.82, 2.24) is 9.97 Å². The number of aryl methyl sites for hydroxylation is 1. The van der Waals surface area contributed by atoms with Gasteiger partial charge in [0.15, 0.2) is 0 Å². The molecule has 18 heavy (non-hydrogen) atoms. The van der Waals surface area contributed by atoms with Gasteiger partial charge in [-0.1, -0.05) is 19.3 Å². The zero-order valence-corrected chi connectivity index (χ0v) is 11.1. The molecule has 1 aromatic rings. The van der Waals surface area contributed by atoms with E-state index in [0.717, 1.165) is 36.5 Å². The molecule has 0 saturated heterocycles. The van der Waals surface area contributed by atoms with Crippen LogP contribution >= 0.6 is 0 Å². The van der Waals surface area contributed by atoms with Gasteiger partial charge in [-0.15, -0.1) is 0 Å². The molecule has 0 bridgehead atoms. The normalized spacial score (nSPS) is 15.2. The van der Waals surface area contributed by atoms with E-state index < -0.39 is 0 Å². The average molecular weight is 249 g/mol. The van der Waals surface area contributed by atoms with E-state index in [2.05, 4.69) is 20.6 Å². The maximum Gasteiger partial charge on any atom is 0.131 e. The van der Waals surface area contributed by atoms with Gasteiger partial charge in [0.2, 0.25) is 0 Å². The van der Waals surface area contributed by atoms with Crippen molar-refractivity contribution in [2.45, 2.75) is 32.6 Å². The quantitative estimate of drug-likeness (QED) is 0.686. The van der Waals surface area contributed by atoms with Crippen LogP contribution in [-0.4, -0.2) is 29.6 Å². The third-order valence-electron chi connectivity index (χ3n) is 3.37. The molecule has 1 saturated carbocycles. The van der Waals surface area contributed by atoms with E-state index in [9.17, 15) is 0 Å². The van der Waals surface area contributed by atoms with E-state index >= 15 is 0 Å². The molecule has 1 aromatic heterocycles. The lowest BCUT2D eigenvalue weighted by molar-refractivity contribution is 0.303. The van der Waals surface area contributed by atoms with Crippen molar-refractivity contribution < 1.29 is 0 Å². The first-order valence-corrected chi connectivity index (χ1v) is 6.81. The molecule has 5 heteroatoms. The van der Waals surface area contributed by atoms with E-state index in [1.165, 1.54) is 25.7 Å². The van der Waals surface area contributed by atoms with Crippen molar-refractivity contribution in [1.29, 1.82) is 0 Å². The largest absolute Gasteiger partial charge is 0.370 e. The molecular weight excluding hydrogens is 226 g/mol. The Hall–Kier alpha value is -1.36. The van der Waals surface area contributed by atoms with Gasteiger partial charge in [0.25, 0.3) is 0 Å². The lowest BCUT2D eigenvalue weighted by atomic mass is 9.83. The van der Waals surface area contributed by atoms with Crippen molar-refractivity contribution >= 4 is 11.6 Å². The summed E-state index contributed by atoms with van der Waals surface area (Å²) in [5, 5.41) is 6.56. The van der Waals surface area contributed by atoms with Crippen molar-refractivity contribution in [3.63, 3.8) is 0 Å². The summed E-state index contributed by atoms with van der Waals surface area (Å²) in [7, 11) is 0. The Balaban J connectivity index is 1.83. The summed E-state index contributed by atoms with van der Waals surface area (Å²) < 4.78 is 0. The molecule has 2 rings (SSSR count). The van der Waals surface area contributed by atoms with Gasteiger partial charge in [0.1, 0.15) is 17.5 Å². The van der Waals surface area contributed by atoms with Gasteiger partial charge in [0.05, 0.1) is 0 Å². The molecule has 1 aliphatic carbocycles. The predicted octanol–water partition coefficient (Wildman–Crippen LogP) is 1.76. The topological polar surface area (TPSA) is 75.9 Å². The Kier molecular flexibility index (Phi) is 4.75. The van der Waals surface area contributed by atoms with Gasteiger partial charge >= 0.3 is 0 Å². The standard InChI is InChI=1S/C13H23N5/c1-10-17-12(9-13(18-10)16-8-6-14)15-7-5-11-3-2-4-11/h9,11H,2-8,14H2,1H3,(H2,15,16,17,18). The van der Waals surface area contributed by atoms with Gasteiger partial charge in [-0.05, 0) is 19.3 Å². The van der Waals surface area contributed by atoms with Crippen LogP contribution in [0.2, 0.25) is 0 Å². The van der Waals surface area contributed by atoms with E-state index in [1.54, 1.807) is 0 Å². The zero-order valence-electron chi connectivity index (χ0n) is 11.1. The second kappa shape index (κ2) is 6.54. The highest BCUT2D eigenvalue weighted by Gasteiger charge is 2.16. The first-order valence-electron chi connectivity index (χ1n) is 6.81. The first kappa shape index (κ1) is 13.1. The second-order valence-electron chi connectivity index (χ2n) is 4.91. The molecule has 0 spiro atoms. The first-order chi connectivity index (χ1) is 8.78. The smallest absolute Gasteiger partial charge is 0.131 e. The summed E-state index contributed by atoms with van der Waals surface area (Å²) in [5.74, 6) is 3.46. The monoisotopic (exact) mass is 249 g/mol. The molecule has 0 unspecified atom stereocenters. The Morgan fingerprint density at radius 2 is 1.89 bits per heavy atom. The van der Waals surface area contributed by atoms with E-state index in [1.807, 2.05) is 13.0 Å². The highest BCUT2D eigenvalue weighted by molar-refractivity contribution is 5.47. The summed E-state index contributed by atoms with van der Waals surface area (Å²) in [6.07, 6.45) is 5.45. The number of anilines is 2. The van der Waals surface area contributed by atoms with Gasteiger partial charge < -0.3 is 16.4 Å². The van der Waals surface area contributed by atoms with Crippen LogP contribution in [0.5, 0.6) is 0 Å². The predicted molar refractivity (Wildman–Crippen MR) is 74.8 cm³/mol. The van der Waals surface area contributed by atoms with Crippen LogP contribution in [-0.2, 0) is 0 Å². The van der Waals surface area contributed by atoms with Crippen LogP contribution in [0.4, 0.5) is 11.6 Å². The van der Waals surface area contributed by atoms with Crippen molar-refractivity contribution in [2.75, 3.05) is 30.3 Å². The number of hydrogen-bond donors (Lipinski definition) is 3. The third-order valence-corrected chi connectivity index (χ3v) is 3.37. The SMILES string of the molecule is Cc1nc(NCCN)cc(NCCC2CCC2)n1. The van der Waals surface area contributed by atoms with Crippen LogP contribution in [0.1, 0.15) is 31.5 Å². The molecular formula is C13H23N5. The number of aromatic nitrogens is 2. The van der Waals surface area contributed by atoms with E-state index in [-0.39, 0.29) is 0 Å². The van der Waals surface area contributed by atoms with Gasteiger partial charge in [-0.2, -0.15) is 0 Å². The van der Waals surface area contributed by atoms with Gasteiger partial charge in [-0.3, -0.25) is 0 Å². The lowest BCUT2D eigenvalue weighted by Crippen LogP contribution is -2.17. The van der Waals surface area contributed by atoms with Crippen LogP contribution in [0.3, 0.4) is 0 Å². The molecule has 4 N–H and O–H groups in total. The molecule has 0 amide bonds. The number of hydrogen-bond acceptors (Lipinski definition) is 5. The minimum Gasteiger partial charge on any atom is -0.370 e. The van der Waals surface area contributed by atoms with E-state index in [4.69, 9.17) is 5.73 Å². The maximum absolute atomic E-state index is 5.47. The molecule has 1 aliphatic rings. The number of nitrogens with one attached hydrogen (secondary N) is 2. The summed E-state index contributed by atoms with van der Waals surface area (Å²) in [6.45, 7) is 4.24. The lowest BCUT2D eigenvalue weighted by Gasteiger charge is -2.25. The van der Waals surface area contributed by atoms with E-state index in [0.29, 0.717) is 6.54 Å². The molecule has 100 valence electrons. The Bertz CT molecular complexity index is 376. The average Bonchev–Trinajstić information content (AvgIpc) is 2.29. The van der Waals surface area contributed by atoms with Gasteiger partial charge in [0, 0.05) is 25.7 Å². The molecule has 0 radical (unpaired) electrons.